The van der Waals surface area contributed by atoms with E-state index in [1.165, 1.54) is 31.2 Å². The van der Waals surface area contributed by atoms with E-state index >= 15 is 0 Å². The summed E-state index contributed by atoms with van der Waals surface area (Å²) in [5.41, 5.74) is 1.46. The van der Waals surface area contributed by atoms with Crippen LogP contribution in [0, 0.1) is 5.41 Å². The first-order valence-corrected chi connectivity index (χ1v) is 8.52. The first-order valence-electron chi connectivity index (χ1n) is 7.09. The fraction of sp³-hybridized carbons (Fsp3) is 0.625. The Balaban J connectivity index is 2.54. The van der Waals surface area contributed by atoms with Crippen molar-refractivity contribution in [1.29, 1.82) is 0 Å². The van der Waals surface area contributed by atoms with Crippen molar-refractivity contribution >= 4 is 28.6 Å². The second-order valence-electron chi connectivity index (χ2n) is 5.24. The van der Waals surface area contributed by atoms with Crippen LogP contribution >= 0.6 is 28.6 Å². The molecule has 19 heavy (non-hydrogen) atoms. The van der Waals surface area contributed by atoms with Gasteiger partial charge in [0.2, 0.25) is 0 Å². The smallest absolute Gasteiger partial charge is 0.0728 e. The van der Waals surface area contributed by atoms with Gasteiger partial charge in [-0.1, -0.05) is 60.8 Å². The van der Waals surface area contributed by atoms with Crippen LogP contribution in [0.2, 0.25) is 0 Å². The second-order valence-corrected chi connectivity index (χ2v) is 6.41. The van der Waals surface area contributed by atoms with Crippen molar-refractivity contribution in [1.82, 2.24) is 0 Å². The van der Waals surface area contributed by atoms with Crippen molar-refractivity contribution in [3.8, 4) is 0 Å². The largest absolute Gasteiger partial charge is 0.376 e. The molecule has 1 rings (SSSR count). The Labute approximate surface area is 131 Å². The average Bonchev–Trinajstić information content (AvgIpc) is 2.41. The van der Waals surface area contributed by atoms with Gasteiger partial charge in [0, 0.05) is 9.89 Å². The molecule has 1 aromatic rings. The molecule has 0 radical (unpaired) electrons. The van der Waals surface area contributed by atoms with E-state index in [0.29, 0.717) is 6.61 Å². The summed E-state index contributed by atoms with van der Waals surface area (Å²) in [6.07, 6.45) is 4.78. The maximum absolute atomic E-state index is 5.98. The molecule has 0 aliphatic rings. The third-order valence-corrected chi connectivity index (χ3v) is 4.96. The first kappa shape index (κ1) is 17.1. The van der Waals surface area contributed by atoms with Gasteiger partial charge in [-0.3, -0.25) is 0 Å². The molecule has 0 bridgehead atoms. The highest BCUT2D eigenvalue weighted by atomic mass is 79.9. The summed E-state index contributed by atoms with van der Waals surface area (Å²) >= 11 is 8.12. The van der Waals surface area contributed by atoms with Crippen LogP contribution in [-0.4, -0.2) is 12.4 Å². The molecule has 0 N–H and O–H groups in total. The summed E-state index contributed by atoms with van der Waals surface area (Å²) in [5, 5.41) is 0. The number of thiol groups is 1. The Hall–Kier alpha value is 0.01000. The van der Waals surface area contributed by atoms with Gasteiger partial charge in [-0.05, 0) is 30.2 Å². The Morgan fingerprint density at radius 3 is 2.32 bits per heavy atom. The molecule has 0 saturated carbocycles. The van der Waals surface area contributed by atoms with Gasteiger partial charge in [-0.15, -0.1) is 0 Å². The molecule has 0 amide bonds. The minimum Gasteiger partial charge on any atom is -0.376 e. The van der Waals surface area contributed by atoms with Gasteiger partial charge in [0.15, 0.2) is 0 Å². The van der Waals surface area contributed by atoms with Crippen LogP contribution in [0.4, 0.5) is 0 Å². The molecule has 0 unspecified atom stereocenters. The monoisotopic (exact) mass is 344 g/mol. The third kappa shape index (κ3) is 5.49. The average molecular weight is 345 g/mol. The SMILES string of the molecule is CCCC(CS)(CCC)COCc1ccccc1Br. The van der Waals surface area contributed by atoms with E-state index in [0.717, 1.165) is 16.8 Å². The van der Waals surface area contributed by atoms with Crippen molar-refractivity contribution in [2.75, 3.05) is 12.4 Å². The van der Waals surface area contributed by atoms with Crippen LogP contribution < -0.4 is 0 Å². The standard InChI is InChI=1S/C16H25BrOS/c1-3-9-16(13-19,10-4-2)12-18-11-14-7-5-6-8-15(14)17/h5-8,19H,3-4,9-13H2,1-2H3. The highest BCUT2D eigenvalue weighted by Gasteiger charge is 2.27. The number of hydrogen-bond donors (Lipinski definition) is 1. The van der Waals surface area contributed by atoms with Gasteiger partial charge >= 0.3 is 0 Å². The minimum atomic E-state index is 0.244. The lowest BCUT2D eigenvalue weighted by atomic mass is 9.82. The maximum atomic E-state index is 5.98. The van der Waals surface area contributed by atoms with Crippen LogP contribution in [0.25, 0.3) is 0 Å². The maximum Gasteiger partial charge on any atom is 0.0728 e. The molecule has 0 spiro atoms. The lowest BCUT2D eigenvalue weighted by Gasteiger charge is -2.31. The second kappa shape index (κ2) is 9.04. The molecule has 0 heterocycles. The molecule has 3 heteroatoms. The summed E-state index contributed by atoms with van der Waals surface area (Å²) in [5.74, 6) is 0.907. The van der Waals surface area contributed by atoms with Crippen molar-refractivity contribution in [2.24, 2.45) is 5.41 Å². The molecule has 108 valence electrons. The number of ether oxygens (including phenoxy) is 1. The van der Waals surface area contributed by atoms with Crippen molar-refractivity contribution < 1.29 is 4.74 Å². The number of rotatable bonds is 9. The highest BCUT2D eigenvalue weighted by molar-refractivity contribution is 9.10. The van der Waals surface area contributed by atoms with E-state index in [-0.39, 0.29) is 5.41 Å². The van der Waals surface area contributed by atoms with Crippen LogP contribution in [0.5, 0.6) is 0 Å². The molecule has 0 fully saturated rings. The summed E-state index contributed by atoms with van der Waals surface area (Å²) in [6, 6.07) is 8.24. The Kier molecular flexibility index (Phi) is 8.12. The van der Waals surface area contributed by atoms with Crippen molar-refractivity contribution in [2.45, 2.75) is 46.1 Å². The van der Waals surface area contributed by atoms with E-state index in [4.69, 9.17) is 4.74 Å². The lowest BCUT2D eigenvalue weighted by molar-refractivity contribution is 0.0348. The third-order valence-electron chi connectivity index (χ3n) is 3.52. The van der Waals surface area contributed by atoms with Gasteiger partial charge in [-0.2, -0.15) is 12.6 Å². The van der Waals surface area contributed by atoms with Crippen LogP contribution in [0.1, 0.15) is 45.1 Å². The predicted molar refractivity (Wildman–Crippen MR) is 89.9 cm³/mol. The summed E-state index contributed by atoms with van der Waals surface area (Å²) < 4.78 is 7.11. The van der Waals surface area contributed by atoms with Crippen LogP contribution in [-0.2, 0) is 11.3 Å². The zero-order valence-electron chi connectivity index (χ0n) is 12.0. The topological polar surface area (TPSA) is 9.23 Å². The number of benzene rings is 1. The molecule has 0 aliphatic heterocycles. The Morgan fingerprint density at radius 1 is 1.16 bits per heavy atom. The molecule has 0 saturated heterocycles. The van der Waals surface area contributed by atoms with E-state index in [2.05, 4.69) is 54.5 Å². The fourth-order valence-electron chi connectivity index (χ4n) is 2.53. The molecule has 0 atom stereocenters. The van der Waals surface area contributed by atoms with Crippen LogP contribution in [0.15, 0.2) is 28.7 Å². The molecule has 1 aromatic carbocycles. The van der Waals surface area contributed by atoms with E-state index in [9.17, 15) is 0 Å². The predicted octanol–water partition coefficient (Wildman–Crippen LogP) is 5.48. The summed E-state index contributed by atoms with van der Waals surface area (Å²) in [4.78, 5) is 0. The van der Waals surface area contributed by atoms with Gasteiger partial charge < -0.3 is 4.74 Å². The summed E-state index contributed by atoms with van der Waals surface area (Å²) in [6.45, 7) is 5.95. The van der Waals surface area contributed by atoms with E-state index in [1.807, 2.05) is 12.1 Å². The van der Waals surface area contributed by atoms with Gasteiger partial charge in [0.1, 0.15) is 0 Å². The van der Waals surface area contributed by atoms with Gasteiger partial charge in [0.25, 0.3) is 0 Å². The van der Waals surface area contributed by atoms with Gasteiger partial charge in [-0.25, -0.2) is 0 Å². The molecule has 1 nitrogen and oxygen atoms in total. The Bertz CT molecular complexity index is 362. The minimum absolute atomic E-state index is 0.244. The van der Waals surface area contributed by atoms with Crippen molar-refractivity contribution in [3.05, 3.63) is 34.3 Å². The zero-order chi connectivity index (χ0) is 14.1. The quantitative estimate of drug-likeness (QED) is 0.583. The lowest BCUT2D eigenvalue weighted by Crippen LogP contribution is -2.29. The molecular weight excluding hydrogens is 320 g/mol. The Morgan fingerprint density at radius 2 is 1.79 bits per heavy atom. The summed E-state index contributed by atoms with van der Waals surface area (Å²) in [7, 11) is 0. The number of halogens is 1. The van der Waals surface area contributed by atoms with E-state index < -0.39 is 0 Å². The van der Waals surface area contributed by atoms with E-state index in [1.54, 1.807) is 0 Å². The van der Waals surface area contributed by atoms with Crippen LogP contribution in [0.3, 0.4) is 0 Å². The zero-order valence-corrected chi connectivity index (χ0v) is 14.5. The highest BCUT2D eigenvalue weighted by Crippen LogP contribution is 2.32. The first-order chi connectivity index (χ1) is 9.17. The van der Waals surface area contributed by atoms with Gasteiger partial charge in [0.05, 0.1) is 13.2 Å². The van der Waals surface area contributed by atoms with Crippen molar-refractivity contribution in [3.63, 3.8) is 0 Å². The molecular formula is C16H25BrOS. The fourth-order valence-corrected chi connectivity index (χ4v) is 3.33. The molecule has 0 aromatic heterocycles. The normalized spacial score (nSPS) is 11.8. The molecule has 0 aliphatic carbocycles. The number of hydrogen-bond acceptors (Lipinski definition) is 2.